The number of aryl methyl sites for hydroxylation is 1. The molecular formula is C19H24FNO5. The zero-order valence-corrected chi connectivity index (χ0v) is 15.0. The predicted molar refractivity (Wildman–Crippen MR) is 95.4 cm³/mol. The lowest BCUT2D eigenvalue weighted by Gasteiger charge is -2.08. The number of carboxylic acid groups (broad SMARTS) is 2. The van der Waals surface area contributed by atoms with Crippen LogP contribution in [0.15, 0.2) is 12.1 Å². The van der Waals surface area contributed by atoms with E-state index in [1.807, 2.05) is 0 Å². The molecule has 1 aromatic heterocycles. The van der Waals surface area contributed by atoms with Gasteiger partial charge < -0.3 is 19.9 Å². The summed E-state index contributed by atoms with van der Waals surface area (Å²) >= 11 is 0. The number of halogens is 1. The fraction of sp³-hybridized carbons (Fsp3) is 0.474. The Morgan fingerprint density at radius 2 is 1.96 bits per heavy atom. The highest BCUT2D eigenvalue weighted by atomic mass is 19.1. The molecule has 0 amide bonds. The van der Waals surface area contributed by atoms with Crippen molar-refractivity contribution in [3.8, 4) is 5.75 Å². The van der Waals surface area contributed by atoms with Gasteiger partial charge in [-0.15, -0.1) is 0 Å². The summed E-state index contributed by atoms with van der Waals surface area (Å²) in [4.78, 5) is 24.9. The second-order valence-corrected chi connectivity index (χ2v) is 6.74. The Morgan fingerprint density at radius 1 is 1.23 bits per heavy atom. The molecule has 0 aliphatic carbocycles. The van der Waals surface area contributed by atoms with E-state index in [2.05, 4.69) is 18.8 Å². The van der Waals surface area contributed by atoms with Crippen LogP contribution in [0.1, 0.15) is 55.6 Å². The van der Waals surface area contributed by atoms with Crippen molar-refractivity contribution in [3.63, 3.8) is 0 Å². The quantitative estimate of drug-likeness (QED) is 0.547. The van der Waals surface area contributed by atoms with E-state index < -0.39 is 17.8 Å². The molecule has 3 N–H and O–H groups in total. The van der Waals surface area contributed by atoms with Gasteiger partial charge in [-0.2, -0.15) is 0 Å². The van der Waals surface area contributed by atoms with E-state index in [0.29, 0.717) is 23.8 Å². The summed E-state index contributed by atoms with van der Waals surface area (Å²) in [6, 6.07) is 2.77. The fourth-order valence-corrected chi connectivity index (χ4v) is 2.91. The molecule has 0 unspecified atom stereocenters. The van der Waals surface area contributed by atoms with Gasteiger partial charge in [0.2, 0.25) is 0 Å². The van der Waals surface area contributed by atoms with E-state index in [0.717, 1.165) is 19.3 Å². The highest BCUT2D eigenvalue weighted by Crippen LogP contribution is 2.30. The molecule has 0 atom stereocenters. The maximum atomic E-state index is 14.5. The number of H-pyrrole nitrogens is 1. The van der Waals surface area contributed by atoms with Crippen molar-refractivity contribution < 1.29 is 28.9 Å². The molecule has 0 fully saturated rings. The lowest BCUT2D eigenvalue weighted by Crippen LogP contribution is -2.04. The molecule has 1 heterocycles. The Morgan fingerprint density at radius 3 is 2.58 bits per heavy atom. The van der Waals surface area contributed by atoms with Crippen molar-refractivity contribution in [2.75, 3.05) is 6.61 Å². The van der Waals surface area contributed by atoms with E-state index in [-0.39, 0.29) is 29.5 Å². The Hall–Kier alpha value is -2.57. The summed E-state index contributed by atoms with van der Waals surface area (Å²) in [6.45, 7) is 4.75. The number of hydrogen-bond donors (Lipinski definition) is 3. The van der Waals surface area contributed by atoms with Crippen LogP contribution in [0.5, 0.6) is 5.75 Å². The number of unbranched alkanes of at least 4 members (excludes halogenated alkanes) is 1. The molecule has 2 rings (SSSR count). The summed E-state index contributed by atoms with van der Waals surface area (Å²) in [5, 5.41) is 18.2. The molecule has 0 aliphatic heterocycles. The van der Waals surface area contributed by atoms with Crippen LogP contribution in [0, 0.1) is 11.7 Å². The predicted octanol–water partition coefficient (Wildman–Crippen LogP) is 4.23. The van der Waals surface area contributed by atoms with Crippen LogP contribution in [0.4, 0.5) is 4.39 Å². The average Bonchev–Trinajstić information content (AvgIpc) is 2.91. The smallest absolute Gasteiger partial charge is 0.352 e. The van der Waals surface area contributed by atoms with Gasteiger partial charge in [-0.3, -0.25) is 4.79 Å². The van der Waals surface area contributed by atoms with Crippen LogP contribution >= 0.6 is 0 Å². The van der Waals surface area contributed by atoms with E-state index in [4.69, 9.17) is 9.84 Å². The van der Waals surface area contributed by atoms with Crippen molar-refractivity contribution in [1.82, 2.24) is 4.98 Å². The van der Waals surface area contributed by atoms with Crippen LogP contribution in [0.3, 0.4) is 0 Å². The van der Waals surface area contributed by atoms with Gasteiger partial charge in [0, 0.05) is 23.9 Å². The van der Waals surface area contributed by atoms with Gasteiger partial charge in [0.15, 0.2) is 0 Å². The molecule has 1 aromatic carbocycles. The maximum absolute atomic E-state index is 14.5. The minimum Gasteiger partial charge on any atom is -0.493 e. The molecule has 0 spiro atoms. The van der Waals surface area contributed by atoms with Gasteiger partial charge in [-0.25, -0.2) is 9.18 Å². The Bertz CT molecular complexity index is 797. The first kappa shape index (κ1) is 19.8. The highest BCUT2D eigenvalue weighted by molar-refractivity contribution is 5.98. The van der Waals surface area contributed by atoms with Crippen LogP contribution < -0.4 is 4.74 Å². The van der Waals surface area contributed by atoms with Crippen LogP contribution in [-0.2, 0) is 11.2 Å². The number of carbonyl (C=O) groups is 2. The number of benzene rings is 1. The van der Waals surface area contributed by atoms with Gasteiger partial charge in [-0.1, -0.05) is 20.3 Å². The van der Waals surface area contributed by atoms with Crippen molar-refractivity contribution in [1.29, 1.82) is 0 Å². The van der Waals surface area contributed by atoms with Gasteiger partial charge >= 0.3 is 11.9 Å². The van der Waals surface area contributed by atoms with Crippen LogP contribution in [0.25, 0.3) is 10.9 Å². The summed E-state index contributed by atoms with van der Waals surface area (Å²) in [5.41, 5.74) is 0.269. The number of aromatic amines is 1. The molecular weight excluding hydrogens is 341 g/mol. The minimum absolute atomic E-state index is 0.0662. The van der Waals surface area contributed by atoms with E-state index >= 15 is 0 Å². The molecule has 6 nitrogen and oxygen atoms in total. The number of carboxylic acids is 2. The topological polar surface area (TPSA) is 99.6 Å². The molecule has 0 saturated heterocycles. The number of nitrogens with one attached hydrogen (secondary N) is 1. The monoisotopic (exact) mass is 365 g/mol. The van der Waals surface area contributed by atoms with Gasteiger partial charge in [-0.05, 0) is 30.7 Å². The second-order valence-electron chi connectivity index (χ2n) is 6.74. The fourth-order valence-electron chi connectivity index (χ4n) is 2.91. The average molecular weight is 365 g/mol. The number of fused-ring (bicyclic) bond motifs is 1. The number of ether oxygens (including phenoxy) is 1. The summed E-state index contributed by atoms with van der Waals surface area (Å²) in [7, 11) is 0. The number of hydrogen-bond acceptors (Lipinski definition) is 3. The third-order valence-electron chi connectivity index (χ3n) is 4.17. The molecule has 7 heteroatoms. The molecule has 0 saturated carbocycles. The molecule has 26 heavy (non-hydrogen) atoms. The van der Waals surface area contributed by atoms with Crippen molar-refractivity contribution in [3.05, 3.63) is 29.2 Å². The lowest BCUT2D eigenvalue weighted by atomic mass is 10.0. The van der Waals surface area contributed by atoms with Gasteiger partial charge in [0.25, 0.3) is 0 Å². The van der Waals surface area contributed by atoms with Gasteiger partial charge in [0.1, 0.15) is 17.3 Å². The third kappa shape index (κ3) is 4.97. The molecule has 2 aromatic rings. The van der Waals surface area contributed by atoms with Crippen molar-refractivity contribution in [2.24, 2.45) is 5.92 Å². The summed E-state index contributed by atoms with van der Waals surface area (Å²) in [6.07, 6.45) is 2.63. The lowest BCUT2D eigenvalue weighted by molar-refractivity contribution is -0.136. The van der Waals surface area contributed by atoms with Crippen LogP contribution in [0.2, 0.25) is 0 Å². The zero-order chi connectivity index (χ0) is 19.3. The van der Waals surface area contributed by atoms with Gasteiger partial charge in [0.05, 0.1) is 12.1 Å². The number of aromatic nitrogens is 1. The van der Waals surface area contributed by atoms with E-state index in [1.54, 1.807) is 6.07 Å². The van der Waals surface area contributed by atoms with E-state index in [1.165, 1.54) is 6.07 Å². The Labute approximate surface area is 151 Å². The van der Waals surface area contributed by atoms with Crippen molar-refractivity contribution in [2.45, 2.75) is 46.0 Å². The molecule has 142 valence electrons. The third-order valence-corrected chi connectivity index (χ3v) is 4.17. The largest absolute Gasteiger partial charge is 0.493 e. The number of rotatable bonds is 10. The van der Waals surface area contributed by atoms with Crippen LogP contribution in [-0.4, -0.2) is 33.7 Å². The Balaban J connectivity index is 2.21. The molecule has 0 radical (unpaired) electrons. The van der Waals surface area contributed by atoms with E-state index in [9.17, 15) is 19.1 Å². The molecule has 0 bridgehead atoms. The maximum Gasteiger partial charge on any atom is 0.352 e. The number of aromatic carboxylic acids is 1. The summed E-state index contributed by atoms with van der Waals surface area (Å²) in [5.74, 6) is -2.00. The normalized spacial score (nSPS) is 11.2. The zero-order valence-electron chi connectivity index (χ0n) is 15.0. The Kier molecular flexibility index (Phi) is 6.60. The summed E-state index contributed by atoms with van der Waals surface area (Å²) < 4.78 is 20.1. The molecule has 0 aliphatic rings. The first-order chi connectivity index (χ1) is 12.3. The SMILES string of the molecule is CC(C)CCCCOc1cc(F)c2c(CCC(=O)O)c(C(=O)O)[nH]c2c1. The second kappa shape index (κ2) is 8.69. The first-order valence-corrected chi connectivity index (χ1v) is 8.71. The van der Waals surface area contributed by atoms with Crippen molar-refractivity contribution >= 4 is 22.8 Å². The highest BCUT2D eigenvalue weighted by Gasteiger charge is 2.21. The standard InChI is InChI=1S/C19H24FNO5/c1-11(2)5-3-4-8-26-12-9-14(20)17-13(6-7-16(22)23)18(19(24)25)21-15(17)10-12/h9-11,21H,3-8H2,1-2H3,(H,22,23)(H,24,25). The minimum atomic E-state index is -1.25. The first-order valence-electron chi connectivity index (χ1n) is 8.71. The number of aliphatic carboxylic acids is 1.